The average molecular weight is 474 g/mol. The van der Waals surface area contributed by atoms with Gasteiger partial charge >= 0.3 is 162 Å². The summed E-state index contributed by atoms with van der Waals surface area (Å²) in [5.41, 5.74) is 12.2. The second-order valence-corrected chi connectivity index (χ2v) is 40.2. The van der Waals surface area contributed by atoms with E-state index in [1.807, 2.05) is 0 Å². The zero-order valence-electron chi connectivity index (χ0n) is 17.4. The largest absolute Gasteiger partial charge is 0.147 e. The van der Waals surface area contributed by atoms with Gasteiger partial charge in [0.1, 0.15) is 0 Å². The van der Waals surface area contributed by atoms with Gasteiger partial charge in [0.25, 0.3) is 0 Å². The summed E-state index contributed by atoms with van der Waals surface area (Å²) in [6.07, 6.45) is 4.96. The third kappa shape index (κ3) is 3.04. The number of aryl methyl sites for hydroxylation is 2. The van der Waals surface area contributed by atoms with Crippen molar-refractivity contribution in [3.05, 3.63) is 80.9 Å². The average Bonchev–Trinajstić information content (AvgIpc) is 3.06. The summed E-state index contributed by atoms with van der Waals surface area (Å²) in [5.74, 6) is 0. The minimum atomic E-state index is -3.22. The van der Waals surface area contributed by atoms with Gasteiger partial charge in [0, 0.05) is 0 Å². The predicted molar refractivity (Wildman–Crippen MR) is 123 cm³/mol. The SMILES string of the molecule is CC1=Cc2c(C)cccc2[CH]1[Zr]([CH3])([CH3])(=[SiH2])[CH]1C(C)=Cc2c(C)cccc21.Cl. The smallest absolute Gasteiger partial charge is 0.147 e. The Bertz CT molecular complexity index is 988. The van der Waals surface area contributed by atoms with Gasteiger partial charge in [-0.15, -0.1) is 12.4 Å². The van der Waals surface area contributed by atoms with E-state index in [0.29, 0.717) is 7.25 Å². The molecular weight excluding hydrogens is 443 g/mol. The molecule has 4 rings (SSSR count). The minimum Gasteiger partial charge on any atom is -0.147 e. The molecule has 0 saturated carbocycles. The molecule has 3 heteroatoms. The normalized spacial score (nSPS) is 21.1. The summed E-state index contributed by atoms with van der Waals surface area (Å²) >= 11 is -3.22. The molecule has 2 aromatic rings. The van der Waals surface area contributed by atoms with E-state index in [1.165, 1.54) is 22.3 Å². The molecule has 0 heterocycles. The van der Waals surface area contributed by atoms with E-state index in [1.54, 1.807) is 22.3 Å². The van der Waals surface area contributed by atoms with Gasteiger partial charge in [-0.05, 0) is 0 Å². The molecule has 2 aliphatic rings. The second kappa shape index (κ2) is 6.68. The number of hydrogen-bond acceptors (Lipinski definition) is 0. The van der Waals surface area contributed by atoms with Crippen LogP contribution in [-0.2, 0) is 17.4 Å². The van der Waals surface area contributed by atoms with Crippen LogP contribution in [0.15, 0.2) is 47.5 Å². The third-order valence-electron chi connectivity index (χ3n) is 6.89. The predicted octanol–water partition coefficient (Wildman–Crippen LogP) is 6.68. The Hall–Kier alpha value is -0.690. The Balaban J connectivity index is 0.00000210. The van der Waals surface area contributed by atoms with Gasteiger partial charge in [-0.1, -0.05) is 0 Å². The van der Waals surface area contributed by atoms with E-state index in [-0.39, 0.29) is 12.4 Å². The zero-order chi connectivity index (χ0) is 18.9. The van der Waals surface area contributed by atoms with Crippen molar-refractivity contribution in [2.45, 2.75) is 44.2 Å². The van der Waals surface area contributed by atoms with Crippen LogP contribution < -0.4 is 0 Å². The van der Waals surface area contributed by atoms with Crippen LogP contribution in [0.5, 0.6) is 0 Å². The van der Waals surface area contributed by atoms with Crippen LogP contribution in [0.2, 0.25) is 9.26 Å². The number of benzene rings is 2. The van der Waals surface area contributed by atoms with Crippen molar-refractivity contribution in [2.75, 3.05) is 0 Å². The van der Waals surface area contributed by atoms with Crippen LogP contribution in [0.1, 0.15) is 54.5 Å². The van der Waals surface area contributed by atoms with Gasteiger partial charge in [0.2, 0.25) is 0 Å². The van der Waals surface area contributed by atoms with E-state index < -0.39 is 17.4 Å². The van der Waals surface area contributed by atoms with Crippen LogP contribution >= 0.6 is 12.4 Å². The molecule has 0 N–H and O–H groups in total. The quantitative estimate of drug-likeness (QED) is 0.427. The van der Waals surface area contributed by atoms with Crippen molar-refractivity contribution in [3.8, 4) is 0 Å². The van der Waals surface area contributed by atoms with E-state index in [4.69, 9.17) is 0 Å². The molecule has 0 amide bonds. The molecule has 0 bridgehead atoms. The number of rotatable bonds is 2. The van der Waals surface area contributed by atoms with E-state index in [2.05, 4.69) is 92.4 Å². The molecule has 0 spiro atoms. The van der Waals surface area contributed by atoms with Gasteiger partial charge in [0.05, 0.1) is 0 Å². The van der Waals surface area contributed by atoms with Crippen molar-refractivity contribution in [3.63, 3.8) is 0 Å². The molecule has 27 heavy (non-hydrogen) atoms. The molecule has 2 aliphatic carbocycles. The summed E-state index contributed by atoms with van der Waals surface area (Å²) in [4.78, 5) is 0. The Labute approximate surface area is 173 Å². The number of hydrogen-bond donors (Lipinski definition) is 0. The summed E-state index contributed by atoms with van der Waals surface area (Å²) in [5, 5.41) is 0. The molecule has 2 aromatic carbocycles. The van der Waals surface area contributed by atoms with Crippen molar-refractivity contribution < 1.29 is 17.4 Å². The molecule has 2 atom stereocenters. The monoisotopic (exact) mass is 472 g/mol. The standard InChI is InChI=1S/2C11H11.2CH3.ClH.H2Si.Zr/c2*1-8-6-10-5-3-4-9(2)11(10)7-8;;;;;/h2*3-7H,1-2H3;2*1H3;1H;1H2;. The summed E-state index contributed by atoms with van der Waals surface area (Å²) < 4.78 is 6.70. The van der Waals surface area contributed by atoms with Crippen LogP contribution in [0.3, 0.4) is 0 Å². The molecule has 0 aromatic heterocycles. The fraction of sp³-hybridized carbons (Fsp3) is 0.333. The molecule has 142 valence electrons. The van der Waals surface area contributed by atoms with Gasteiger partial charge in [-0.3, -0.25) is 0 Å². The molecule has 0 nitrogen and oxygen atoms in total. The van der Waals surface area contributed by atoms with Crippen molar-refractivity contribution >= 4 is 31.4 Å². The Kier molecular flexibility index (Phi) is 5.20. The van der Waals surface area contributed by atoms with E-state index in [0.717, 1.165) is 0 Å². The maximum absolute atomic E-state index is 3.22. The van der Waals surface area contributed by atoms with Crippen molar-refractivity contribution in [1.29, 1.82) is 0 Å². The number of fused-ring (bicyclic) bond motifs is 2. The first-order chi connectivity index (χ1) is 12.1. The van der Waals surface area contributed by atoms with Crippen LogP contribution in [-0.4, -0.2) is 6.88 Å². The van der Waals surface area contributed by atoms with Crippen LogP contribution in [0.25, 0.3) is 12.2 Å². The first kappa shape index (κ1) is 21.0. The van der Waals surface area contributed by atoms with Gasteiger partial charge in [0.15, 0.2) is 0 Å². The van der Waals surface area contributed by atoms with Gasteiger partial charge in [-0.25, -0.2) is 0 Å². The molecule has 0 saturated heterocycles. The molecule has 0 aliphatic heterocycles. The molecular formula is C24H31ClSiZr. The Morgan fingerprint density at radius 2 is 1.07 bits per heavy atom. The molecule has 0 radical (unpaired) electrons. The van der Waals surface area contributed by atoms with Crippen molar-refractivity contribution in [2.24, 2.45) is 0 Å². The third-order valence-corrected chi connectivity index (χ3v) is 24.8. The minimum absolute atomic E-state index is 0. The number of halogens is 1. The topological polar surface area (TPSA) is 0 Å². The van der Waals surface area contributed by atoms with Gasteiger partial charge in [-0.2, -0.15) is 0 Å². The maximum atomic E-state index is 2.71. The number of allylic oxidation sites excluding steroid dienone is 2. The Morgan fingerprint density at radius 1 is 0.704 bits per heavy atom. The van der Waals surface area contributed by atoms with Crippen LogP contribution in [0, 0.1) is 13.8 Å². The second-order valence-electron chi connectivity index (χ2n) is 9.74. The fourth-order valence-electron chi connectivity index (χ4n) is 6.10. The summed E-state index contributed by atoms with van der Waals surface area (Å²) in [6.45, 7) is 11.7. The first-order valence-electron chi connectivity index (χ1n) is 9.73. The van der Waals surface area contributed by atoms with Crippen LogP contribution in [0.4, 0.5) is 0 Å². The van der Waals surface area contributed by atoms with E-state index in [9.17, 15) is 0 Å². The van der Waals surface area contributed by atoms with Gasteiger partial charge < -0.3 is 0 Å². The fourth-order valence-corrected chi connectivity index (χ4v) is 27.4. The van der Waals surface area contributed by atoms with E-state index >= 15 is 0 Å². The summed E-state index contributed by atoms with van der Waals surface area (Å²) in [6, 6.07) is 13.8. The zero-order valence-corrected chi connectivity index (χ0v) is 22.1. The molecule has 0 fully saturated rings. The van der Waals surface area contributed by atoms with Crippen molar-refractivity contribution in [1.82, 2.24) is 0 Å². The first-order valence-corrected chi connectivity index (χ1v) is 23.4. The Morgan fingerprint density at radius 3 is 1.44 bits per heavy atom. The maximum Gasteiger partial charge on any atom is -0.147 e. The summed E-state index contributed by atoms with van der Waals surface area (Å²) in [7, 11) is 0. The molecule has 2 unspecified atom stereocenters.